The second-order valence-electron chi connectivity index (χ2n) is 6.98. The van der Waals surface area contributed by atoms with Crippen molar-refractivity contribution in [1.29, 1.82) is 0 Å². The van der Waals surface area contributed by atoms with Crippen LogP contribution in [0, 0.1) is 6.92 Å². The lowest BCUT2D eigenvalue weighted by atomic mass is 9.92. The van der Waals surface area contributed by atoms with Crippen molar-refractivity contribution in [2.75, 3.05) is 6.54 Å². The maximum atomic E-state index is 6.50. The zero-order valence-electron chi connectivity index (χ0n) is 13.1. The summed E-state index contributed by atoms with van der Waals surface area (Å²) in [4.78, 5) is 2.55. The van der Waals surface area contributed by atoms with Crippen molar-refractivity contribution in [3.63, 3.8) is 0 Å². The molecule has 2 rings (SSSR count). The zero-order valence-corrected chi connectivity index (χ0v) is 13.9. The Morgan fingerprint density at radius 2 is 1.95 bits per heavy atom. The third-order valence-corrected chi connectivity index (χ3v) is 4.73. The molecule has 0 spiro atoms. The lowest BCUT2D eigenvalue weighted by molar-refractivity contribution is 0.0755. The maximum absolute atomic E-state index is 6.50. The number of benzene rings is 1. The number of hydrogen-bond acceptors (Lipinski definition) is 2. The van der Waals surface area contributed by atoms with Crippen molar-refractivity contribution in [1.82, 2.24) is 4.90 Å². The van der Waals surface area contributed by atoms with Gasteiger partial charge in [-0.05, 0) is 64.3 Å². The van der Waals surface area contributed by atoms with Gasteiger partial charge in [0.2, 0.25) is 0 Å². The van der Waals surface area contributed by atoms with Gasteiger partial charge >= 0.3 is 0 Å². The highest BCUT2D eigenvalue weighted by Crippen LogP contribution is 2.36. The lowest BCUT2D eigenvalue weighted by Crippen LogP contribution is -2.49. The van der Waals surface area contributed by atoms with Gasteiger partial charge in [-0.15, -0.1) is 0 Å². The second-order valence-corrected chi connectivity index (χ2v) is 7.38. The lowest BCUT2D eigenvalue weighted by Gasteiger charge is -2.43. The first-order chi connectivity index (χ1) is 9.30. The van der Waals surface area contributed by atoms with Crippen LogP contribution in [0.5, 0.6) is 0 Å². The van der Waals surface area contributed by atoms with Gasteiger partial charge in [0.25, 0.3) is 0 Å². The summed E-state index contributed by atoms with van der Waals surface area (Å²) in [7, 11) is 0. The quantitative estimate of drug-likeness (QED) is 0.836. The van der Waals surface area contributed by atoms with E-state index in [2.05, 4.69) is 43.9 Å². The van der Waals surface area contributed by atoms with Crippen molar-refractivity contribution in [2.24, 2.45) is 5.73 Å². The van der Waals surface area contributed by atoms with Gasteiger partial charge in [-0.25, -0.2) is 0 Å². The average molecular weight is 295 g/mol. The summed E-state index contributed by atoms with van der Waals surface area (Å²) in [5.74, 6) is 0. The Hall–Kier alpha value is -0.570. The summed E-state index contributed by atoms with van der Waals surface area (Å²) in [6, 6.07) is 6.84. The number of hydrogen-bond donors (Lipinski definition) is 1. The summed E-state index contributed by atoms with van der Waals surface area (Å²) in [5.41, 5.74) is 9.00. The van der Waals surface area contributed by atoms with Crippen LogP contribution in [0.1, 0.15) is 57.2 Å². The van der Waals surface area contributed by atoms with E-state index in [1.165, 1.54) is 18.4 Å². The summed E-state index contributed by atoms with van der Waals surface area (Å²) in [6.45, 7) is 9.96. The van der Waals surface area contributed by atoms with Crippen LogP contribution in [0.4, 0.5) is 0 Å². The molecule has 112 valence electrons. The van der Waals surface area contributed by atoms with Gasteiger partial charge in [-0.3, -0.25) is 4.90 Å². The number of nitrogens with zero attached hydrogens (tertiary/aromatic N) is 1. The summed E-state index contributed by atoms with van der Waals surface area (Å²) in [6.07, 6.45) is 3.52. The van der Waals surface area contributed by atoms with Crippen molar-refractivity contribution in [2.45, 2.75) is 64.6 Å². The number of aryl methyl sites for hydroxylation is 1. The van der Waals surface area contributed by atoms with E-state index in [0.29, 0.717) is 0 Å². The van der Waals surface area contributed by atoms with Crippen molar-refractivity contribution in [3.8, 4) is 0 Å². The predicted octanol–water partition coefficient (Wildman–Crippen LogP) is 4.30. The molecule has 1 aliphatic rings. The van der Waals surface area contributed by atoms with Crippen LogP contribution in [0.2, 0.25) is 5.02 Å². The Morgan fingerprint density at radius 3 is 2.55 bits per heavy atom. The number of rotatable bonds is 1. The third kappa shape index (κ3) is 3.36. The Balaban J connectivity index is 2.42. The number of halogens is 1. The second kappa shape index (κ2) is 6.05. The van der Waals surface area contributed by atoms with Gasteiger partial charge in [0.1, 0.15) is 0 Å². The largest absolute Gasteiger partial charge is 0.326 e. The summed E-state index contributed by atoms with van der Waals surface area (Å²) < 4.78 is 0. The smallest absolute Gasteiger partial charge is 0.0504 e. The Kier molecular flexibility index (Phi) is 4.78. The molecule has 2 atom stereocenters. The van der Waals surface area contributed by atoms with Gasteiger partial charge in [0.05, 0.1) is 6.04 Å². The molecule has 0 bridgehead atoms. The minimum absolute atomic E-state index is 0.115. The summed E-state index contributed by atoms with van der Waals surface area (Å²) >= 11 is 6.32. The van der Waals surface area contributed by atoms with Crippen molar-refractivity contribution in [3.05, 3.63) is 34.3 Å². The SMILES string of the molecule is Cc1ccc(C2C(N)CCCCN2C(C)(C)C)cc1Cl. The monoisotopic (exact) mass is 294 g/mol. The van der Waals surface area contributed by atoms with Gasteiger partial charge in [0, 0.05) is 16.6 Å². The van der Waals surface area contributed by atoms with Crippen LogP contribution in [-0.2, 0) is 0 Å². The van der Waals surface area contributed by atoms with Crippen LogP contribution < -0.4 is 5.73 Å². The van der Waals surface area contributed by atoms with E-state index in [4.69, 9.17) is 17.3 Å². The van der Waals surface area contributed by atoms with E-state index < -0.39 is 0 Å². The fraction of sp³-hybridized carbons (Fsp3) is 0.647. The molecule has 2 N–H and O–H groups in total. The molecule has 0 saturated carbocycles. The fourth-order valence-electron chi connectivity index (χ4n) is 3.16. The molecule has 0 aliphatic carbocycles. The number of nitrogens with two attached hydrogens (primary N) is 1. The topological polar surface area (TPSA) is 29.3 Å². The first-order valence-corrected chi connectivity index (χ1v) is 7.97. The molecule has 1 aromatic carbocycles. The maximum Gasteiger partial charge on any atom is 0.0504 e. The Morgan fingerprint density at radius 1 is 1.25 bits per heavy atom. The highest BCUT2D eigenvalue weighted by molar-refractivity contribution is 6.31. The average Bonchev–Trinajstić information content (AvgIpc) is 2.54. The highest BCUT2D eigenvalue weighted by atomic mass is 35.5. The van der Waals surface area contributed by atoms with Gasteiger partial charge in [-0.1, -0.05) is 30.2 Å². The van der Waals surface area contributed by atoms with Gasteiger partial charge < -0.3 is 5.73 Å². The standard InChI is InChI=1S/C17H27ClN2/c1-12-8-9-13(11-14(12)18)16-15(19)7-5-6-10-20(16)17(2,3)4/h8-9,11,15-16H,5-7,10,19H2,1-4H3. The zero-order chi connectivity index (χ0) is 14.9. The molecule has 0 aromatic heterocycles. The van der Waals surface area contributed by atoms with Crippen LogP contribution in [0.15, 0.2) is 18.2 Å². The summed E-state index contributed by atoms with van der Waals surface area (Å²) in [5, 5.41) is 0.841. The molecule has 0 amide bonds. The van der Waals surface area contributed by atoms with Crippen molar-refractivity contribution >= 4 is 11.6 Å². The molecule has 1 aliphatic heterocycles. The van der Waals surface area contributed by atoms with Gasteiger partial charge in [0.15, 0.2) is 0 Å². The minimum Gasteiger partial charge on any atom is -0.326 e. The molecule has 1 fully saturated rings. The van der Waals surface area contributed by atoms with Crippen molar-refractivity contribution < 1.29 is 0 Å². The fourth-order valence-corrected chi connectivity index (χ4v) is 3.35. The Bertz CT molecular complexity index is 465. The molecule has 1 aromatic rings. The molecule has 1 heterocycles. The first-order valence-electron chi connectivity index (χ1n) is 7.59. The molecular formula is C17H27ClN2. The van der Waals surface area contributed by atoms with E-state index in [1.807, 2.05) is 6.92 Å². The highest BCUT2D eigenvalue weighted by Gasteiger charge is 2.35. The molecule has 1 saturated heterocycles. The third-order valence-electron chi connectivity index (χ3n) is 4.33. The van der Waals surface area contributed by atoms with Crippen LogP contribution in [0.25, 0.3) is 0 Å². The minimum atomic E-state index is 0.115. The first kappa shape index (κ1) is 15.8. The van der Waals surface area contributed by atoms with E-state index in [-0.39, 0.29) is 17.6 Å². The number of likely N-dealkylation sites (tertiary alicyclic amines) is 1. The van der Waals surface area contributed by atoms with E-state index in [0.717, 1.165) is 23.6 Å². The Labute approximate surface area is 128 Å². The molecule has 0 radical (unpaired) electrons. The molecule has 2 nitrogen and oxygen atoms in total. The normalized spacial score (nSPS) is 25.5. The van der Waals surface area contributed by atoms with E-state index >= 15 is 0 Å². The van der Waals surface area contributed by atoms with Gasteiger partial charge in [-0.2, -0.15) is 0 Å². The molecule has 2 unspecified atom stereocenters. The van der Waals surface area contributed by atoms with Crippen LogP contribution in [0.3, 0.4) is 0 Å². The molecule has 20 heavy (non-hydrogen) atoms. The van der Waals surface area contributed by atoms with Crippen LogP contribution >= 0.6 is 11.6 Å². The molecular weight excluding hydrogens is 268 g/mol. The van der Waals surface area contributed by atoms with E-state index in [9.17, 15) is 0 Å². The predicted molar refractivity (Wildman–Crippen MR) is 87.2 cm³/mol. The molecule has 3 heteroatoms. The van der Waals surface area contributed by atoms with E-state index in [1.54, 1.807) is 0 Å². The van der Waals surface area contributed by atoms with Crippen LogP contribution in [-0.4, -0.2) is 23.0 Å².